The molecule has 4 heteroatoms. The summed E-state index contributed by atoms with van der Waals surface area (Å²) in [6.07, 6.45) is 10.5. The maximum Gasteiger partial charge on any atom is 0.0146 e. The maximum atomic E-state index is 3.78. The molecule has 0 radical (unpaired) electrons. The predicted molar refractivity (Wildman–Crippen MR) is 154 cm³/mol. The first-order valence-corrected chi connectivity index (χ1v) is 15.7. The highest BCUT2D eigenvalue weighted by molar-refractivity contribution is 7.61. The Kier molecular flexibility index (Phi) is 8.71. The van der Waals surface area contributed by atoms with Gasteiger partial charge in [0.1, 0.15) is 0 Å². The minimum absolute atomic E-state index is 0.160. The fourth-order valence-corrected chi connectivity index (χ4v) is 11.1. The first kappa shape index (κ1) is 27.8. The Hall–Kier alpha value is 0.260. The van der Waals surface area contributed by atoms with Gasteiger partial charge >= 0.3 is 0 Å². The molecule has 0 aromatic rings. The van der Waals surface area contributed by atoms with Gasteiger partial charge in [-0.2, -0.15) is 0 Å². The zero-order valence-electron chi connectivity index (χ0n) is 23.3. The molecule has 0 spiro atoms. The standard InChI is InChI=1S/C29H54N2P2/c1-26(2,3)24-16-21(20-33(27(4,5)6)28(7,8)9)25(17-24)29(32,22-12-10-14-30-18-22)23-13-11-15-31-19-23/h16,22-23,30-31H,10-15,17-20,32H2,1-9H3. The van der Waals surface area contributed by atoms with E-state index in [1.165, 1.54) is 64.4 Å². The number of allylic oxidation sites excluding steroid dienone is 4. The molecule has 2 heterocycles. The summed E-state index contributed by atoms with van der Waals surface area (Å²) in [6, 6.07) is 0. The van der Waals surface area contributed by atoms with Crippen LogP contribution in [0.1, 0.15) is 94.4 Å². The van der Waals surface area contributed by atoms with Crippen LogP contribution < -0.4 is 10.6 Å². The molecule has 3 atom stereocenters. The minimum Gasteiger partial charge on any atom is -0.316 e. The highest BCUT2D eigenvalue weighted by Crippen LogP contribution is 2.62. The molecule has 0 saturated carbocycles. The molecule has 0 aromatic carbocycles. The van der Waals surface area contributed by atoms with Gasteiger partial charge in [0.2, 0.25) is 0 Å². The molecule has 2 fully saturated rings. The van der Waals surface area contributed by atoms with E-state index >= 15 is 0 Å². The van der Waals surface area contributed by atoms with E-state index < -0.39 is 0 Å². The SMILES string of the molecule is CC(C)(C)C1=CC(CP(C(C)(C)C)C(C)(C)C)=C(C(P)(C2CCCNC2)C2CCCNC2)C1. The van der Waals surface area contributed by atoms with E-state index in [-0.39, 0.29) is 18.5 Å². The lowest BCUT2D eigenvalue weighted by Crippen LogP contribution is -2.52. The van der Waals surface area contributed by atoms with Crippen molar-refractivity contribution in [1.82, 2.24) is 10.6 Å². The van der Waals surface area contributed by atoms with Gasteiger partial charge in [-0.15, -0.1) is 9.24 Å². The van der Waals surface area contributed by atoms with E-state index in [1.807, 2.05) is 0 Å². The van der Waals surface area contributed by atoms with Crippen molar-refractivity contribution in [2.45, 2.75) is 110 Å². The number of hydrogen-bond donors (Lipinski definition) is 2. The molecule has 2 aliphatic heterocycles. The topological polar surface area (TPSA) is 24.1 Å². The van der Waals surface area contributed by atoms with E-state index in [0.717, 1.165) is 11.8 Å². The van der Waals surface area contributed by atoms with Crippen LogP contribution in [-0.4, -0.2) is 47.8 Å². The Labute approximate surface area is 209 Å². The number of hydrogen-bond acceptors (Lipinski definition) is 2. The van der Waals surface area contributed by atoms with Crippen molar-refractivity contribution in [3.05, 3.63) is 22.8 Å². The average molecular weight is 493 g/mol. The molecular formula is C29H54N2P2. The Morgan fingerprint density at radius 2 is 1.33 bits per heavy atom. The van der Waals surface area contributed by atoms with Crippen LogP contribution in [-0.2, 0) is 0 Å². The van der Waals surface area contributed by atoms with Crippen molar-refractivity contribution < 1.29 is 0 Å². The van der Waals surface area contributed by atoms with Crippen LogP contribution in [0.15, 0.2) is 22.8 Å². The maximum absolute atomic E-state index is 3.78. The number of piperidine rings is 2. The second-order valence-electron chi connectivity index (χ2n) is 14.0. The molecule has 190 valence electrons. The largest absolute Gasteiger partial charge is 0.316 e. The Balaban J connectivity index is 2.11. The van der Waals surface area contributed by atoms with Crippen molar-refractivity contribution in [1.29, 1.82) is 0 Å². The monoisotopic (exact) mass is 492 g/mol. The van der Waals surface area contributed by atoms with E-state index in [4.69, 9.17) is 0 Å². The zero-order chi connectivity index (χ0) is 24.7. The van der Waals surface area contributed by atoms with Crippen LogP contribution in [0.3, 0.4) is 0 Å². The predicted octanol–water partition coefficient (Wildman–Crippen LogP) is 7.35. The molecule has 2 nitrogen and oxygen atoms in total. The van der Waals surface area contributed by atoms with Gasteiger partial charge in [-0.25, -0.2) is 0 Å². The van der Waals surface area contributed by atoms with Crippen LogP contribution in [0.5, 0.6) is 0 Å². The summed E-state index contributed by atoms with van der Waals surface area (Å²) in [5, 5.41) is 8.47. The summed E-state index contributed by atoms with van der Waals surface area (Å²) in [7, 11) is 3.38. The van der Waals surface area contributed by atoms with Crippen LogP contribution in [0.25, 0.3) is 0 Å². The van der Waals surface area contributed by atoms with Gasteiger partial charge in [0, 0.05) is 5.16 Å². The van der Waals surface area contributed by atoms with Gasteiger partial charge in [0.15, 0.2) is 0 Å². The van der Waals surface area contributed by atoms with Crippen molar-refractivity contribution >= 4 is 17.2 Å². The normalized spacial score (nSPS) is 27.7. The fraction of sp³-hybridized carbons (Fsp3) is 0.862. The summed E-state index contributed by atoms with van der Waals surface area (Å²) >= 11 is 0. The third-order valence-electron chi connectivity index (χ3n) is 8.48. The molecule has 2 saturated heterocycles. The Bertz CT molecular complexity index is 701. The highest BCUT2D eigenvalue weighted by atomic mass is 31.1. The van der Waals surface area contributed by atoms with E-state index in [1.54, 1.807) is 16.7 Å². The first-order chi connectivity index (χ1) is 15.1. The lowest BCUT2D eigenvalue weighted by Gasteiger charge is -2.49. The third kappa shape index (κ3) is 6.34. The quantitative estimate of drug-likeness (QED) is 0.392. The van der Waals surface area contributed by atoms with Gasteiger partial charge in [0.25, 0.3) is 0 Å². The molecular weight excluding hydrogens is 438 g/mol. The van der Waals surface area contributed by atoms with Crippen molar-refractivity contribution in [3.63, 3.8) is 0 Å². The van der Waals surface area contributed by atoms with Crippen LogP contribution >= 0.6 is 17.2 Å². The fourth-order valence-electron chi connectivity index (χ4n) is 6.70. The molecule has 3 rings (SSSR count). The van der Waals surface area contributed by atoms with Crippen LogP contribution in [0.4, 0.5) is 0 Å². The molecule has 1 aliphatic carbocycles. The summed E-state index contributed by atoms with van der Waals surface area (Å²) in [5.41, 5.74) is 5.40. The van der Waals surface area contributed by atoms with Gasteiger partial charge in [0.05, 0.1) is 0 Å². The van der Waals surface area contributed by atoms with Crippen LogP contribution in [0.2, 0.25) is 0 Å². The number of nitrogens with one attached hydrogen (secondary N) is 2. The van der Waals surface area contributed by atoms with Gasteiger partial charge in [-0.1, -0.05) is 87.5 Å². The van der Waals surface area contributed by atoms with Crippen molar-refractivity contribution in [3.8, 4) is 0 Å². The van der Waals surface area contributed by atoms with E-state index in [2.05, 4.69) is 88.3 Å². The first-order valence-electron chi connectivity index (χ1n) is 13.6. The summed E-state index contributed by atoms with van der Waals surface area (Å²) in [5.74, 6) is 1.43. The summed E-state index contributed by atoms with van der Waals surface area (Å²) in [4.78, 5) is 0. The highest BCUT2D eigenvalue weighted by Gasteiger charge is 2.48. The second-order valence-corrected chi connectivity index (χ2v) is 18.9. The van der Waals surface area contributed by atoms with E-state index in [0.29, 0.717) is 10.3 Å². The van der Waals surface area contributed by atoms with Crippen LogP contribution in [0, 0.1) is 17.3 Å². The third-order valence-corrected chi connectivity index (χ3v) is 13.7. The van der Waals surface area contributed by atoms with Crippen molar-refractivity contribution in [2.75, 3.05) is 32.3 Å². The van der Waals surface area contributed by atoms with Gasteiger partial charge in [-0.05, 0) is 97.6 Å². The lowest BCUT2D eigenvalue weighted by atomic mass is 9.68. The molecule has 33 heavy (non-hydrogen) atoms. The lowest BCUT2D eigenvalue weighted by molar-refractivity contribution is 0.216. The second kappa shape index (κ2) is 10.3. The molecule has 0 amide bonds. The molecule has 0 aromatic heterocycles. The van der Waals surface area contributed by atoms with E-state index in [9.17, 15) is 0 Å². The molecule has 2 N–H and O–H groups in total. The zero-order valence-corrected chi connectivity index (χ0v) is 25.4. The summed E-state index contributed by atoms with van der Waals surface area (Å²) in [6.45, 7) is 26.9. The number of rotatable bonds is 5. The van der Waals surface area contributed by atoms with Gasteiger partial charge < -0.3 is 10.6 Å². The van der Waals surface area contributed by atoms with Gasteiger partial charge in [-0.3, -0.25) is 0 Å². The smallest absolute Gasteiger partial charge is 0.0146 e. The molecule has 3 unspecified atom stereocenters. The summed E-state index contributed by atoms with van der Waals surface area (Å²) < 4.78 is 0. The Morgan fingerprint density at radius 1 is 0.848 bits per heavy atom. The van der Waals surface area contributed by atoms with Crippen molar-refractivity contribution in [2.24, 2.45) is 17.3 Å². The average Bonchev–Trinajstić information content (AvgIpc) is 3.16. The molecule has 3 aliphatic rings. The molecule has 0 bridgehead atoms. The minimum atomic E-state index is -0.160. The Morgan fingerprint density at radius 3 is 1.70 bits per heavy atom.